The molecule has 0 unspecified atom stereocenters. The average molecular weight is 282 g/mol. The van der Waals surface area contributed by atoms with Crippen molar-refractivity contribution < 1.29 is 4.39 Å². The Hall–Kier alpha value is -1.43. The highest BCUT2D eigenvalue weighted by Gasteiger charge is 2.06. The molecule has 0 bridgehead atoms. The van der Waals surface area contributed by atoms with Crippen molar-refractivity contribution in [2.45, 2.75) is 6.54 Å². The first-order valence-corrected chi connectivity index (χ1v) is 5.36. The third-order valence-corrected chi connectivity index (χ3v) is 2.37. The zero-order chi connectivity index (χ0) is 12.0. The molecule has 1 aromatic carbocycles. The predicted molar refractivity (Wildman–Crippen MR) is 60.6 cm³/mol. The van der Waals surface area contributed by atoms with Crippen LogP contribution in [-0.4, -0.2) is 18.0 Å². The van der Waals surface area contributed by atoms with E-state index in [9.17, 15) is 4.39 Å². The lowest BCUT2D eigenvalue weighted by atomic mass is 10.2. The third kappa shape index (κ3) is 3.98. The maximum Gasteiger partial charge on any atom is 0.124 e. The van der Waals surface area contributed by atoms with Crippen molar-refractivity contribution in [2.75, 3.05) is 13.1 Å². The Bertz CT molecular complexity index is 411. The van der Waals surface area contributed by atoms with Gasteiger partial charge in [-0.3, -0.25) is 4.90 Å². The largest absolute Gasteiger partial charge is 0.273 e. The molecule has 1 aromatic rings. The molecule has 0 aliphatic carbocycles. The number of halogens is 2. The van der Waals surface area contributed by atoms with Gasteiger partial charge in [0.05, 0.1) is 25.2 Å². The molecule has 0 saturated carbocycles. The normalized spacial score (nSPS) is 9.81. The second-order valence-electron chi connectivity index (χ2n) is 3.24. The second kappa shape index (κ2) is 6.22. The topological polar surface area (TPSA) is 50.8 Å². The summed E-state index contributed by atoms with van der Waals surface area (Å²) in [5.41, 5.74) is 0.734. The highest BCUT2D eigenvalue weighted by molar-refractivity contribution is 9.10. The van der Waals surface area contributed by atoms with Gasteiger partial charge in [0.15, 0.2) is 0 Å². The molecule has 0 spiro atoms. The Morgan fingerprint density at radius 1 is 1.19 bits per heavy atom. The van der Waals surface area contributed by atoms with Crippen LogP contribution < -0.4 is 0 Å². The second-order valence-corrected chi connectivity index (χ2v) is 4.15. The molecule has 0 fully saturated rings. The van der Waals surface area contributed by atoms with Gasteiger partial charge in [-0.1, -0.05) is 15.9 Å². The number of hydrogen-bond donors (Lipinski definition) is 0. The van der Waals surface area contributed by atoms with E-state index in [1.165, 1.54) is 12.1 Å². The van der Waals surface area contributed by atoms with Crippen molar-refractivity contribution in [1.82, 2.24) is 4.90 Å². The highest BCUT2D eigenvalue weighted by atomic mass is 79.9. The molecule has 0 aliphatic rings. The molecule has 16 heavy (non-hydrogen) atoms. The molecule has 5 heteroatoms. The summed E-state index contributed by atoms with van der Waals surface area (Å²) in [4.78, 5) is 1.64. The quantitative estimate of drug-likeness (QED) is 0.797. The van der Waals surface area contributed by atoms with Gasteiger partial charge in [-0.2, -0.15) is 10.5 Å². The van der Waals surface area contributed by atoms with Crippen LogP contribution in [0.25, 0.3) is 0 Å². The molecule has 0 atom stereocenters. The van der Waals surface area contributed by atoms with E-state index >= 15 is 0 Å². The first-order valence-electron chi connectivity index (χ1n) is 4.57. The van der Waals surface area contributed by atoms with Gasteiger partial charge < -0.3 is 0 Å². The minimum absolute atomic E-state index is 0.154. The van der Waals surface area contributed by atoms with Gasteiger partial charge in [0.1, 0.15) is 5.82 Å². The van der Waals surface area contributed by atoms with Crippen LogP contribution in [0.1, 0.15) is 5.56 Å². The van der Waals surface area contributed by atoms with Crippen molar-refractivity contribution in [2.24, 2.45) is 0 Å². The molecule has 0 heterocycles. The number of rotatable bonds is 4. The van der Waals surface area contributed by atoms with Gasteiger partial charge in [0, 0.05) is 11.0 Å². The van der Waals surface area contributed by atoms with E-state index < -0.39 is 0 Å². The van der Waals surface area contributed by atoms with Crippen LogP contribution in [0.4, 0.5) is 4.39 Å². The fourth-order valence-electron chi connectivity index (χ4n) is 1.33. The van der Waals surface area contributed by atoms with E-state index in [1.807, 2.05) is 12.1 Å². The van der Waals surface area contributed by atoms with Crippen molar-refractivity contribution in [3.63, 3.8) is 0 Å². The first-order chi connectivity index (χ1) is 7.65. The lowest BCUT2D eigenvalue weighted by Gasteiger charge is -2.15. The number of benzene rings is 1. The van der Waals surface area contributed by atoms with Crippen LogP contribution >= 0.6 is 15.9 Å². The Morgan fingerprint density at radius 2 is 1.81 bits per heavy atom. The molecule has 0 saturated heterocycles. The van der Waals surface area contributed by atoms with E-state index in [4.69, 9.17) is 10.5 Å². The summed E-state index contributed by atoms with van der Waals surface area (Å²) in [6, 6.07) is 8.47. The fraction of sp³-hybridized carbons (Fsp3) is 0.273. The Labute approximate surface area is 102 Å². The van der Waals surface area contributed by atoms with Gasteiger partial charge in [0.25, 0.3) is 0 Å². The molecule has 0 aliphatic heterocycles. The van der Waals surface area contributed by atoms with Gasteiger partial charge in [0.2, 0.25) is 0 Å². The van der Waals surface area contributed by atoms with E-state index in [1.54, 1.807) is 11.0 Å². The smallest absolute Gasteiger partial charge is 0.124 e. The van der Waals surface area contributed by atoms with E-state index in [0.29, 0.717) is 11.0 Å². The monoisotopic (exact) mass is 281 g/mol. The van der Waals surface area contributed by atoms with Crippen LogP contribution in [0.3, 0.4) is 0 Å². The molecular formula is C11H9BrFN3. The third-order valence-electron chi connectivity index (χ3n) is 1.92. The molecule has 0 radical (unpaired) electrons. The summed E-state index contributed by atoms with van der Waals surface area (Å²) >= 11 is 3.19. The Morgan fingerprint density at radius 3 is 2.31 bits per heavy atom. The van der Waals surface area contributed by atoms with Crippen molar-refractivity contribution >= 4 is 15.9 Å². The maximum absolute atomic E-state index is 13.1. The summed E-state index contributed by atoms with van der Waals surface area (Å²) in [6.07, 6.45) is 0. The van der Waals surface area contributed by atoms with E-state index in [2.05, 4.69) is 15.9 Å². The number of nitrogens with zero attached hydrogens (tertiary/aromatic N) is 3. The van der Waals surface area contributed by atoms with Gasteiger partial charge >= 0.3 is 0 Å². The number of hydrogen-bond acceptors (Lipinski definition) is 3. The Balaban J connectivity index is 2.77. The van der Waals surface area contributed by atoms with Crippen LogP contribution in [0.15, 0.2) is 22.7 Å². The summed E-state index contributed by atoms with van der Waals surface area (Å²) in [7, 11) is 0. The predicted octanol–water partition coefficient (Wildman–Crippen LogP) is 2.44. The molecule has 3 nitrogen and oxygen atoms in total. The maximum atomic E-state index is 13.1. The molecule has 0 N–H and O–H groups in total. The molecule has 0 amide bonds. The Kier molecular flexibility index (Phi) is 4.91. The molecule has 82 valence electrons. The molecule has 0 aromatic heterocycles. The zero-order valence-corrected chi connectivity index (χ0v) is 10.0. The van der Waals surface area contributed by atoms with Crippen LogP contribution in [-0.2, 0) is 6.54 Å². The lowest BCUT2D eigenvalue weighted by Crippen LogP contribution is -2.23. The van der Waals surface area contributed by atoms with Crippen molar-refractivity contribution in [3.8, 4) is 12.1 Å². The van der Waals surface area contributed by atoms with E-state index in [0.717, 1.165) is 5.56 Å². The summed E-state index contributed by atoms with van der Waals surface area (Å²) < 4.78 is 13.7. The van der Waals surface area contributed by atoms with Crippen molar-refractivity contribution in [3.05, 3.63) is 34.1 Å². The van der Waals surface area contributed by atoms with E-state index in [-0.39, 0.29) is 18.9 Å². The van der Waals surface area contributed by atoms with Gasteiger partial charge in [-0.25, -0.2) is 4.39 Å². The SMILES string of the molecule is N#CCN(CC#N)Cc1cc(F)cc(Br)c1. The first kappa shape index (κ1) is 12.6. The minimum Gasteiger partial charge on any atom is -0.273 e. The van der Waals surface area contributed by atoms with Crippen molar-refractivity contribution in [1.29, 1.82) is 10.5 Å². The highest BCUT2D eigenvalue weighted by Crippen LogP contribution is 2.16. The summed E-state index contributed by atoms with van der Waals surface area (Å²) in [5, 5.41) is 17.1. The van der Waals surface area contributed by atoms with Gasteiger partial charge in [-0.05, 0) is 23.8 Å². The molecule has 1 rings (SSSR count). The summed E-state index contributed by atoms with van der Waals surface area (Å²) in [6.45, 7) is 0.695. The zero-order valence-electron chi connectivity index (χ0n) is 8.45. The molecular weight excluding hydrogens is 273 g/mol. The fourth-order valence-corrected chi connectivity index (χ4v) is 1.84. The average Bonchev–Trinajstić information content (AvgIpc) is 2.16. The van der Waals surface area contributed by atoms with Crippen LogP contribution in [0, 0.1) is 28.5 Å². The lowest BCUT2D eigenvalue weighted by molar-refractivity contribution is 0.334. The summed E-state index contributed by atoms with van der Waals surface area (Å²) in [5.74, 6) is -0.335. The van der Waals surface area contributed by atoms with Crippen LogP contribution in [0.2, 0.25) is 0 Å². The minimum atomic E-state index is -0.335. The standard InChI is InChI=1S/C11H9BrFN3/c12-10-5-9(6-11(13)7-10)8-16(3-1-14)4-2-15/h5-7H,3-4,8H2. The number of nitriles is 2. The van der Waals surface area contributed by atoms with Gasteiger partial charge in [-0.15, -0.1) is 0 Å². The van der Waals surface area contributed by atoms with Crippen LogP contribution in [0.5, 0.6) is 0 Å².